The van der Waals surface area contributed by atoms with Gasteiger partial charge in [0.05, 0.1) is 16.4 Å². The summed E-state index contributed by atoms with van der Waals surface area (Å²) in [6.45, 7) is 7.56. The number of hydrogen-bond donors (Lipinski definition) is 0. The normalized spacial score (nSPS) is 19.4. The van der Waals surface area contributed by atoms with Crippen molar-refractivity contribution >= 4 is 22.6 Å². The molecule has 0 spiro atoms. The Hall–Kier alpha value is -1.02. The maximum atomic E-state index is 6.33. The summed E-state index contributed by atoms with van der Waals surface area (Å²) in [4.78, 5) is 4.73. The van der Waals surface area contributed by atoms with Crippen LogP contribution in [-0.4, -0.2) is 9.55 Å². The standard InChI is InChI=1S/C16H21ClN2/c1-11-5-6-13-14(9-11)19(15(18-13)12(2)17)10-16(3)7-4-8-16/h5-6,9,12H,4,7-8,10H2,1-3H3. The van der Waals surface area contributed by atoms with E-state index >= 15 is 0 Å². The summed E-state index contributed by atoms with van der Waals surface area (Å²) in [5, 5.41) is -0.0450. The number of aromatic nitrogens is 2. The molecular formula is C16H21ClN2. The van der Waals surface area contributed by atoms with Crippen molar-refractivity contribution in [1.29, 1.82) is 0 Å². The molecule has 1 fully saturated rings. The van der Waals surface area contributed by atoms with Crippen LogP contribution in [-0.2, 0) is 6.54 Å². The monoisotopic (exact) mass is 276 g/mol. The number of aryl methyl sites for hydroxylation is 1. The molecule has 2 nitrogen and oxygen atoms in total. The van der Waals surface area contributed by atoms with Gasteiger partial charge in [-0.25, -0.2) is 4.98 Å². The first kappa shape index (κ1) is 13.0. The van der Waals surface area contributed by atoms with Crippen LogP contribution in [0.25, 0.3) is 11.0 Å². The Morgan fingerprint density at radius 1 is 1.42 bits per heavy atom. The van der Waals surface area contributed by atoms with E-state index in [0.29, 0.717) is 5.41 Å². The summed E-state index contributed by atoms with van der Waals surface area (Å²) in [5.41, 5.74) is 4.01. The first-order chi connectivity index (χ1) is 8.98. The van der Waals surface area contributed by atoms with Crippen molar-refractivity contribution in [3.63, 3.8) is 0 Å². The van der Waals surface area contributed by atoms with E-state index < -0.39 is 0 Å². The molecule has 2 aromatic rings. The van der Waals surface area contributed by atoms with Gasteiger partial charge in [0, 0.05) is 6.54 Å². The van der Waals surface area contributed by atoms with Gasteiger partial charge in [0.15, 0.2) is 0 Å². The van der Waals surface area contributed by atoms with Gasteiger partial charge in [0.1, 0.15) is 5.82 Å². The Bertz CT molecular complexity index is 608. The molecule has 19 heavy (non-hydrogen) atoms. The molecule has 0 saturated heterocycles. The number of hydrogen-bond acceptors (Lipinski definition) is 1. The lowest BCUT2D eigenvalue weighted by atomic mass is 9.70. The lowest BCUT2D eigenvalue weighted by Gasteiger charge is -2.39. The van der Waals surface area contributed by atoms with Gasteiger partial charge in [-0.05, 0) is 49.8 Å². The molecular weight excluding hydrogens is 256 g/mol. The maximum Gasteiger partial charge on any atom is 0.127 e. The molecule has 1 atom stereocenters. The third-order valence-electron chi connectivity index (χ3n) is 4.39. The zero-order valence-electron chi connectivity index (χ0n) is 11.9. The molecule has 0 amide bonds. The van der Waals surface area contributed by atoms with Gasteiger partial charge < -0.3 is 4.57 Å². The summed E-state index contributed by atoms with van der Waals surface area (Å²) in [7, 11) is 0. The number of benzene rings is 1. The van der Waals surface area contributed by atoms with Crippen molar-refractivity contribution in [1.82, 2.24) is 9.55 Å². The topological polar surface area (TPSA) is 17.8 Å². The Labute approximate surface area is 119 Å². The van der Waals surface area contributed by atoms with Crippen molar-refractivity contribution in [3.8, 4) is 0 Å². The fourth-order valence-corrected chi connectivity index (χ4v) is 3.21. The van der Waals surface area contributed by atoms with Gasteiger partial charge in [0.2, 0.25) is 0 Å². The summed E-state index contributed by atoms with van der Waals surface area (Å²) in [6.07, 6.45) is 3.98. The average molecular weight is 277 g/mol. The minimum atomic E-state index is -0.0450. The molecule has 3 rings (SSSR count). The Morgan fingerprint density at radius 3 is 2.74 bits per heavy atom. The summed E-state index contributed by atoms with van der Waals surface area (Å²) < 4.78 is 2.35. The van der Waals surface area contributed by atoms with E-state index in [0.717, 1.165) is 17.9 Å². The van der Waals surface area contributed by atoms with Crippen molar-refractivity contribution in [2.24, 2.45) is 5.41 Å². The van der Waals surface area contributed by atoms with Gasteiger partial charge >= 0.3 is 0 Å². The maximum absolute atomic E-state index is 6.33. The van der Waals surface area contributed by atoms with E-state index in [4.69, 9.17) is 16.6 Å². The highest BCUT2D eigenvalue weighted by atomic mass is 35.5. The molecule has 1 aromatic carbocycles. The zero-order valence-corrected chi connectivity index (χ0v) is 12.7. The van der Waals surface area contributed by atoms with Crippen LogP contribution in [0.5, 0.6) is 0 Å². The SMILES string of the molecule is Cc1ccc2nc(C(C)Cl)n(CC3(C)CCC3)c2c1. The largest absolute Gasteiger partial charge is 0.326 e. The van der Waals surface area contributed by atoms with E-state index in [1.165, 1.54) is 30.3 Å². The molecule has 3 heteroatoms. The molecule has 1 aliphatic carbocycles. The third-order valence-corrected chi connectivity index (χ3v) is 4.58. The molecule has 0 aliphatic heterocycles. The van der Waals surface area contributed by atoms with Crippen LogP contribution >= 0.6 is 11.6 Å². The highest BCUT2D eigenvalue weighted by Gasteiger charge is 2.33. The summed E-state index contributed by atoms with van der Waals surface area (Å²) >= 11 is 6.33. The van der Waals surface area contributed by atoms with Crippen LogP contribution in [0.3, 0.4) is 0 Å². The van der Waals surface area contributed by atoms with Crippen molar-refractivity contribution in [3.05, 3.63) is 29.6 Å². The average Bonchev–Trinajstić information content (AvgIpc) is 2.66. The van der Waals surface area contributed by atoms with E-state index in [1.807, 2.05) is 6.92 Å². The van der Waals surface area contributed by atoms with Crippen LogP contribution in [0.15, 0.2) is 18.2 Å². The predicted molar refractivity (Wildman–Crippen MR) is 80.7 cm³/mol. The Balaban J connectivity index is 2.12. The minimum Gasteiger partial charge on any atom is -0.326 e. The Morgan fingerprint density at radius 2 is 2.16 bits per heavy atom. The fourth-order valence-electron chi connectivity index (χ4n) is 3.04. The number of rotatable bonds is 3. The first-order valence-corrected chi connectivity index (χ1v) is 7.53. The van der Waals surface area contributed by atoms with E-state index in [-0.39, 0.29) is 5.38 Å². The van der Waals surface area contributed by atoms with Gasteiger partial charge in [-0.2, -0.15) is 0 Å². The van der Waals surface area contributed by atoms with Crippen LogP contribution in [0.2, 0.25) is 0 Å². The Kier molecular flexibility index (Phi) is 3.09. The molecule has 1 unspecified atom stereocenters. The second kappa shape index (κ2) is 4.52. The second-order valence-electron chi connectivity index (χ2n) is 6.33. The number of alkyl halides is 1. The van der Waals surface area contributed by atoms with Crippen LogP contribution in [0.1, 0.15) is 49.9 Å². The molecule has 1 aromatic heterocycles. The summed E-state index contributed by atoms with van der Waals surface area (Å²) in [5.74, 6) is 1.01. The first-order valence-electron chi connectivity index (χ1n) is 7.09. The van der Waals surface area contributed by atoms with E-state index in [9.17, 15) is 0 Å². The fraction of sp³-hybridized carbons (Fsp3) is 0.562. The molecule has 1 aliphatic rings. The smallest absolute Gasteiger partial charge is 0.127 e. The highest BCUT2D eigenvalue weighted by Crippen LogP contribution is 2.43. The van der Waals surface area contributed by atoms with Gasteiger partial charge in [0.25, 0.3) is 0 Å². The number of halogens is 1. The van der Waals surface area contributed by atoms with Crippen molar-refractivity contribution in [2.75, 3.05) is 0 Å². The quantitative estimate of drug-likeness (QED) is 0.734. The number of imidazole rings is 1. The predicted octanol–water partition coefficient (Wildman–Crippen LogP) is 4.83. The van der Waals surface area contributed by atoms with Crippen LogP contribution in [0, 0.1) is 12.3 Å². The zero-order chi connectivity index (χ0) is 13.6. The van der Waals surface area contributed by atoms with Gasteiger partial charge in [-0.15, -0.1) is 11.6 Å². The highest BCUT2D eigenvalue weighted by molar-refractivity contribution is 6.20. The third kappa shape index (κ3) is 2.27. The minimum absolute atomic E-state index is 0.0450. The molecule has 1 heterocycles. The second-order valence-corrected chi connectivity index (χ2v) is 6.98. The summed E-state index contributed by atoms with van der Waals surface area (Å²) in [6, 6.07) is 6.45. The molecule has 0 radical (unpaired) electrons. The van der Waals surface area contributed by atoms with Gasteiger partial charge in [-0.1, -0.05) is 19.4 Å². The van der Waals surface area contributed by atoms with Gasteiger partial charge in [-0.3, -0.25) is 0 Å². The molecule has 0 bridgehead atoms. The van der Waals surface area contributed by atoms with Crippen molar-refractivity contribution < 1.29 is 0 Å². The number of fused-ring (bicyclic) bond motifs is 1. The van der Waals surface area contributed by atoms with E-state index in [2.05, 4.69) is 36.6 Å². The van der Waals surface area contributed by atoms with Crippen LogP contribution in [0.4, 0.5) is 0 Å². The molecule has 1 saturated carbocycles. The molecule has 0 N–H and O–H groups in total. The lowest BCUT2D eigenvalue weighted by molar-refractivity contribution is 0.132. The lowest BCUT2D eigenvalue weighted by Crippen LogP contribution is -2.31. The molecule has 102 valence electrons. The van der Waals surface area contributed by atoms with Crippen LogP contribution < -0.4 is 0 Å². The number of nitrogens with zero attached hydrogens (tertiary/aromatic N) is 2. The van der Waals surface area contributed by atoms with E-state index in [1.54, 1.807) is 0 Å². The van der Waals surface area contributed by atoms with Crippen molar-refractivity contribution in [2.45, 2.75) is 52.0 Å².